The number of thiazole rings is 1. The molecular formula is C21H33IN4O2S. The Hall–Kier alpha value is -1.39. The molecule has 1 aromatic carbocycles. The van der Waals surface area contributed by atoms with Gasteiger partial charge in [-0.05, 0) is 25.0 Å². The molecule has 0 fully saturated rings. The highest BCUT2D eigenvalue weighted by Crippen LogP contribution is 2.19. The summed E-state index contributed by atoms with van der Waals surface area (Å²) in [5.74, 6) is 2.20. The summed E-state index contributed by atoms with van der Waals surface area (Å²) < 4.78 is 10.8. The predicted octanol–water partition coefficient (Wildman–Crippen LogP) is 4.95. The summed E-state index contributed by atoms with van der Waals surface area (Å²) >= 11 is 1.74. The molecule has 162 valence electrons. The summed E-state index contributed by atoms with van der Waals surface area (Å²) in [5.41, 5.74) is 0.939. The summed E-state index contributed by atoms with van der Waals surface area (Å²) in [5, 5.41) is 7.81. The number of aliphatic imine (C=N–C) groups is 1. The number of nitrogens with one attached hydrogen (secondary N) is 2. The first-order chi connectivity index (χ1) is 13.6. The molecule has 0 aliphatic carbocycles. The second-order valence-electron chi connectivity index (χ2n) is 6.86. The molecule has 2 N–H and O–H groups in total. The van der Waals surface area contributed by atoms with Gasteiger partial charge in [0.25, 0.3) is 0 Å². The summed E-state index contributed by atoms with van der Waals surface area (Å²) in [4.78, 5) is 10.4. The van der Waals surface area contributed by atoms with Crippen molar-refractivity contribution in [2.24, 2.45) is 10.9 Å². The maximum Gasteiger partial charge on any atom is 0.196 e. The molecule has 0 saturated carbocycles. The van der Waals surface area contributed by atoms with E-state index in [1.54, 1.807) is 18.4 Å². The van der Waals surface area contributed by atoms with Crippen LogP contribution in [0.5, 0.6) is 5.75 Å². The van der Waals surface area contributed by atoms with Gasteiger partial charge >= 0.3 is 0 Å². The molecule has 6 nitrogen and oxygen atoms in total. The Morgan fingerprint density at radius 3 is 2.83 bits per heavy atom. The monoisotopic (exact) mass is 532 g/mol. The third-order valence-corrected chi connectivity index (χ3v) is 4.78. The molecule has 0 spiro atoms. The number of guanidine groups is 1. The Bertz CT molecular complexity index is 737. The molecule has 29 heavy (non-hydrogen) atoms. The van der Waals surface area contributed by atoms with Gasteiger partial charge in [-0.25, -0.2) is 9.98 Å². The van der Waals surface area contributed by atoms with E-state index >= 15 is 0 Å². The van der Waals surface area contributed by atoms with Crippen molar-refractivity contribution >= 4 is 47.0 Å². The van der Waals surface area contributed by atoms with Crippen LogP contribution in [0.3, 0.4) is 0 Å². The van der Waals surface area contributed by atoms with E-state index in [-0.39, 0.29) is 24.0 Å². The topological polar surface area (TPSA) is 67.8 Å². The van der Waals surface area contributed by atoms with E-state index < -0.39 is 0 Å². The normalized spacial score (nSPS) is 11.3. The van der Waals surface area contributed by atoms with E-state index in [9.17, 15) is 0 Å². The lowest BCUT2D eigenvalue weighted by molar-refractivity contribution is 0.172. The largest absolute Gasteiger partial charge is 0.493 e. The van der Waals surface area contributed by atoms with Gasteiger partial charge in [-0.1, -0.05) is 19.9 Å². The van der Waals surface area contributed by atoms with Gasteiger partial charge in [0.15, 0.2) is 5.96 Å². The minimum absolute atomic E-state index is 0. The minimum Gasteiger partial charge on any atom is -0.493 e. The molecule has 0 saturated heterocycles. The molecule has 0 atom stereocenters. The number of hydrogen-bond acceptors (Lipinski definition) is 5. The zero-order valence-corrected chi connectivity index (χ0v) is 20.9. The number of rotatable bonds is 11. The van der Waals surface area contributed by atoms with Crippen molar-refractivity contribution in [3.05, 3.63) is 40.3 Å². The zero-order valence-electron chi connectivity index (χ0n) is 17.7. The van der Waals surface area contributed by atoms with Crippen LogP contribution in [0, 0.1) is 5.92 Å². The Kier molecular flexibility index (Phi) is 12.9. The maximum absolute atomic E-state index is 5.77. The number of nitrogens with zero attached hydrogens (tertiary/aromatic N) is 2. The van der Waals surface area contributed by atoms with Crippen molar-refractivity contribution in [2.75, 3.05) is 32.2 Å². The van der Waals surface area contributed by atoms with Crippen molar-refractivity contribution in [2.45, 2.75) is 40.2 Å². The van der Waals surface area contributed by atoms with Crippen LogP contribution in [0.25, 0.3) is 0 Å². The van der Waals surface area contributed by atoms with Crippen LogP contribution >= 0.6 is 35.3 Å². The quantitative estimate of drug-likeness (QED) is 0.186. The lowest BCUT2D eigenvalue weighted by Crippen LogP contribution is -2.30. The Balaban J connectivity index is 0.00000420. The summed E-state index contributed by atoms with van der Waals surface area (Å²) in [6, 6.07) is 7.91. The number of halogens is 1. The molecule has 2 rings (SSSR count). The Morgan fingerprint density at radius 1 is 1.28 bits per heavy atom. The highest BCUT2D eigenvalue weighted by Gasteiger charge is 2.06. The summed E-state index contributed by atoms with van der Waals surface area (Å²) in [7, 11) is 1.70. The molecular weight excluding hydrogens is 499 g/mol. The van der Waals surface area contributed by atoms with Gasteiger partial charge in [-0.2, -0.15) is 0 Å². The lowest BCUT2D eigenvalue weighted by atomic mass is 10.1. The number of anilines is 1. The first kappa shape index (κ1) is 25.6. The summed E-state index contributed by atoms with van der Waals surface area (Å²) in [6.45, 7) is 9.21. The molecule has 0 radical (unpaired) electrons. The van der Waals surface area contributed by atoms with Gasteiger partial charge in [0.1, 0.15) is 5.75 Å². The van der Waals surface area contributed by atoms with Crippen LogP contribution in [0.15, 0.2) is 35.5 Å². The molecule has 8 heteroatoms. The predicted molar refractivity (Wildman–Crippen MR) is 133 cm³/mol. The molecule has 0 aliphatic heterocycles. The molecule has 1 heterocycles. The zero-order chi connectivity index (χ0) is 20.2. The third-order valence-electron chi connectivity index (χ3n) is 3.78. The first-order valence-corrected chi connectivity index (χ1v) is 10.6. The van der Waals surface area contributed by atoms with Crippen LogP contribution in [-0.2, 0) is 17.7 Å². The van der Waals surface area contributed by atoms with Crippen molar-refractivity contribution in [1.29, 1.82) is 0 Å². The van der Waals surface area contributed by atoms with Crippen molar-refractivity contribution in [3.8, 4) is 5.75 Å². The van der Waals surface area contributed by atoms with Gasteiger partial charge in [-0.3, -0.25) is 0 Å². The van der Waals surface area contributed by atoms with Gasteiger partial charge < -0.3 is 20.1 Å². The Labute approximate surface area is 195 Å². The van der Waals surface area contributed by atoms with E-state index in [4.69, 9.17) is 14.5 Å². The van der Waals surface area contributed by atoms with Gasteiger partial charge in [0.05, 0.1) is 18.2 Å². The maximum atomic E-state index is 5.77. The highest BCUT2D eigenvalue weighted by atomic mass is 127. The van der Waals surface area contributed by atoms with Crippen LogP contribution in [-0.4, -0.2) is 37.8 Å². The van der Waals surface area contributed by atoms with Crippen LogP contribution < -0.4 is 15.4 Å². The van der Waals surface area contributed by atoms with Gasteiger partial charge in [-0.15, -0.1) is 35.3 Å². The van der Waals surface area contributed by atoms with Crippen LogP contribution in [0.4, 0.5) is 5.69 Å². The average Bonchev–Trinajstić information content (AvgIpc) is 3.10. The smallest absolute Gasteiger partial charge is 0.196 e. The summed E-state index contributed by atoms with van der Waals surface area (Å²) in [6.07, 6.45) is 3.82. The van der Waals surface area contributed by atoms with E-state index in [1.807, 2.05) is 30.5 Å². The third kappa shape index (κ3) is 10.3. The lowest BCUT2D eigenvalue weighted by Gasteiger charge is -2.12. The molecule has 0 bridgehead atoms. The van der Waals surface area contributed by atoms with E-state index in [0.29, 0.717) is 25.7 Å². The molecule has 1 aromatic heterocycles. The molecule has 0 unspecified atom stereocenters. The van der Waals surface area contributed by atoms with Crippen molar-refractivity contribution < 1.29 is 9.47 Å². The van der Waals surface area contributed by atoms with Crippen molar-refractivity contribution in [3.63, 3.8) is 0 Å². The fourth-order valence-electron chi connectivity index (χ4n) is 2.52. The Morgan fingerprint density at radius 2 is 2.10 bits per heavy atom. The standard InChI is InChI=1S/C21H32N4O2S.HI/c1-5-22-21(24-15-19-14-23-20(28-19)12-16(2)3)25-17-8-6-9-18(13-17)27-11-7-10-26-4;/h6,8-9,13-14,16H,5,7,10-12,15H2,1-4H3,(H2,22,24,25);1H. The van der Waals surface area contributed by atoms with Gasteiger partial charge in [0.2, 0.25) is 0 Å². The number of benzene rings is 1. The molecule has 2 aromatic rings. The number of aromatic nitrogens is 1. The van der Waals surface area contributed by atoms with E-state index in [0.717, 1.165) is 36.8 Å². The average molecular weight is 532 g/mol. The second kappa shape index (κ2) is 14.6. The number of methoxy groups -OCH3 is 1. The fraction of sp³-hybridized carbons (Fsp3) is 0.524. The minimum atomic E-state index is 0. The van der Waals surface area contributed by atoms with Gasteiger partial charge in [0, 0.05) is 55.9 Å². The van der Waals surface area contributed by atoms with E-state index in [1.165, 1.54) is 9.88 Å². The fourth-order valence-corrected chi connectivity index (χ4v) is 3.58. The SMILES string of the molecule is CCNC(=NCc1cnc(CC(C)C)s1)Nc1cccc(OCCCOC)c1.I. The second-order valence-corrected chi connectivity index (χ2v) is 8.06. The highest BCUT2D eigenvalue weighted by molar-refractivity contribution is 14.0. The first-order valence-electron chi connectivity index (χ1n) is 9.81. The van der Waals surface area contributed by atoms with Crippen LogP contribution in [0.1, 0.15) is 37.1 Å². The van der Waals surface area contributed by atoms with Crippen molar-refractivity contribution in [1.82, 2.24) is 10.3 Å². The molecule has 0 aliphatic rings. The molecule has 0 amide bonds. The van der Waals surface area contributed by atoms with Crippen LogP contribution in [0.2, 0.25) is 0 Å². The van der Waals surface area contributed by atoms with E-state index in [2.05, 4.69) is 36.4 Å². The number of hydrogen-bond donors (Lipinski definition) is 2. The number of ether oxygens (including phenoxy) is 2.